The summed E-state index contributed by atoms with van der Waals surface area (Å²) in [5.74, 6) is 1.72. The number of imidazole rings is 1. The molecule has 0 saturated heterocycles. The molecule has 0 bridgehead atoms. The van der Waals surface area contributed by atoms with Crippen LogP contribution in [-0.2, 0) is 4.74 Å². The molecule has 0 radical (unpaired) electrons. The largest absolute Gasteiger partial charge is 0.383 e. The van der Waals surface area contributed by atoms with Crippen molar-refractivity contribution in [2.24, 2.45) is 0 Å². The topological polar surface area (TPSA) is 92.6 Å². The number of fused-ring (bicyclic) bond motifs is 1. The highest BCUT2D eigenvalue weighted by Crippen LogP contribution is 2.39. The molecule has 176 valence electrons. The van der Waals surface area contributed by atoms with E-state index in [9.17, 15) is 4.79 Å². The molecule has 9 heteroatoms. The molecule has 6 rings (SSSR count). The molecular formula is C26H25N7O2. The van der Waals surface area contributed by atoms with Gasteiger partial charge >= 0.3 is 0 Å². The normalized spacial score (nSPS) is 14.5. The van der Waals surface area contributed by atoms with Gasteiger partial charge in [-0.1, -0.05) is 12.1 Å². The molecule has 0 N–H and O–H groups in total. The average Bonchev–Trinajstić information content (AvgIpc) is 3.40. The number of pyridine rings is 2. The molecule has 1 aliphatic carbocycles. The smallest absolute Gasteiger partial charge is 0.264 e. The van der Waals surface area contributed by atoms with Crippen LogP contribution in [0.15, 0.2) is 72.3 Å². The van der Waals surface area contributed by atoms with Gasteiger partial charge in [0.1, 0.15) is 17.8 Å². The average molecular weight is 468 g/mol. The number of hydrogen-bond acceptors (Lipinski definition) is 6. The fourth-order valence-electron chi connectivity index (χ4n) is 4.39. The molecule has 9 nitrogen and oxygen atoms in total. The Morgan fingerprint density at radius 3 is 2.86 bits per heavy atom. The van der Waals surface area contributed by atoms with Crippen LogP contribution in [0.5, 0.6) is 0 Å². The van der Waals surface area contributed by atoms with Gasteiger partial charge < -0.3 is 13.9 Å². The number of ether oxygens (including phenoxy) is 1. The summed E-state index contributed by atoms with van der Waals surface area (Å²) >= 11 is 0. The van der Waals surface area contributed by atoms with E-state index in [2.05, 4.69) is 21.4 Å². The first-order valence-electron chi connectivity index (χ1n) is 11.7. The maximum atomic E-state index is 13.5. The third-order valence-corrected chi connectivity index (χ3v) is 6.45. The van der Waals surface area contributed by atoms with E-state index in [1.54, 1.807) is 24.2 Å². The van der Waals surface area contributed by atoms with Crippen molar-refractivity contribution in [3.8, 4) is 23.0 Å². The summed E-state index contributed by atoms with van der Waals surface area (Å²) in [4.78, 5) is 22.8. The predicted molar refractivity (Wildman–Crippen MR) is 132 cm³/mol. The van der Waals surface area contributed by atoms with E-state index in [0.717, 1.165) is 16.8 Å². The lowest BCUT2D eigenvalue weighted by Gasteiger charge is -2.14. The maximum Gasteiger partial charge on any atom is 0.264 e. The first-order chi connectivity index (χ1) is 17.1. The SMILES string of the molecule is COC[C@@H](C)n1cnnc1-c1cccc(-n2ccc3ccc(-n4cnc(C5CC5)c4)cc3c2=O)n1. The van der Waals surface area contributed by atoms with Crippen LogP contribution in [0.2, 0.25) is 0 Å². The van der Waals surface area contributed by atoms with Gasteiger partial charge in [0.15, 0.2) is 5.82 Å². The molecule has 1 saturated carbocycles. The Bertz CT molecular complexity index is 1580. The van der Waals surface area contributed by atoms with Crippen LogP contribution in [-0.4, -0.2) is 47.6 Å². The molecule has 1 atom stereocenters. The lowest BCUT2D eigenvalue weighted by molar-refractivity contribution is 0.162. The van der Waals surface area contributed by atoms with Crippen molar-refractivity contribution < 1.29 is 4.74 Å². The molecule has 5 aromatic rings. The second kappa shape index (κ2) is 8.59. The zero-order valence-electron chi connectivity index (χ0n) is 19.6. The Labute approximate surface area is 201 Å². The molecular weight excluding hydrogens is 442 g/mol. The van der Waals surface area contributed by atoms with Gasteiger partial charge in [-0.2, -0.15) is 0 Å². The van der Waals surface area contributed by atoms with Crippen molar-refractivity contribution >= 4 is 10.8 Å². The third-order valence-electron chi connectivity index (χ3n) is 6.45. The Kier molecular flexibility index (Phi) is 5.26. The summed E-state index contributed by atoms with van der Waals surface area (Å²) in [6.07, 6.45) is 9.72. The minimum Gasteiger partial charge on any atom is -0.383 e. The van der Waals surface area contributed by atoms with Crippen molar-refractivity contribution in [2.75, 3.05) is 13.7 Å². The summed E-state index contributed by atoms with van der Waals surface area (Å²) in [5, 5.41) is 9.82. The Balaban J connectivity index is 1.39. The number of rotatable bonds is 7. The van der Waals surface area contributed by atoms with Crippen LogP contribution in [0, 0.1) is 0 Å². The summed E-state index contributed by atoms with van der Waals surface area (Å²) < 4.78 is 10.8. The molecule has 0 spiro atoms. The highest BCUT2D eigenvalue weighted by atomic mass is 16.5. The van der Waals surface area contributed by atoms with E-state index in [1.807, 2.05) is 64.8 Å². The summed E-state index contributed by atoms with van der Waals surface area (Å²) in [6, 6.07) is 13.4. The minimum absolute atomic E-state index is 0.0425. The first-order valence-corrected chi connectivity index (χ1v) is 11.7. The highest BCUT2D eigenvalue weighted by molar-refractivity contribution is 5.83. The zero-order valence-corrected chi connectivity index (χ0v) is 19.6. The first kappa shape index (κ1) is 21.4. The van der Waals surface area contributed by atoms with Gasteiger partial charge in [0.2, 0.25) is 0 Å². The van der Waals surface area contributed by atoms with Crippen molar-refractivity contribution in [2.45, 2.75) is 31.7 Å². The van der Waals surface area contributed by atoms with Gasteiger partial charge in [-0.05, 0) is 55.5 Å². The van der Waals surface area contributed by atoms with Crippen molar-refractivity contribution in [3.63, 3.8) is 0 Å². The lowest BCUT2D eigenvalue weighted by atomic mass is 10.1. The van der Waals surface area contributed by atoms with Crippen molar-refractivity contribution in [1.82, 2.24) is 33.9 Å². The van der Waals surface area contributed by atoms with E-state index in [1.165, 1.54) is 12.8 Å². The fourth-order valence-corrected chi connectivity index (χ4v) is 4.39. The number of aromatic nitrogens is 7. The molecule has 0 unspecified atom stereocenters. The van der Waals surface area contributed by atoms with Crippen LogP contribution in [0.25, 0.3) is 33.8 Å². The predicted octanol–water partition coefficient (Wildman–Crippen LogP) is 3.91. The van der Waals surface area contributed by atoms with Crippen LogP contribution in [0.4, 0.5) is 0 Å². The third kappa shape index (κ3) is 3.93. The second-order valence-corrected chi connectivity index (χ2v) is 8.99. The van der Waals surface area contributed by atoms with E-state index >= 15 is 0 Å². The van der Waals surface area contributed by atoms with E-state index in [0.29, 0.717) is 35.2 Å². The monoisotopic (exact) mass is 467 g/mol. The van der Waals surface area contributed by atoms with E-state index in [4.69, 9.17) is 9.72 Å². The maximum absolute atomic E-state index is 13.5. The number of hydrogen-bond donors (Lipinski definition) is 0. The van der Waals surface area contributed by atoms with E-state index < -0.39 is 0 Å². The molecule has 1 aliphatic rings. The van der Waals surface area contributed by atoms with Crippen LogP contribution in [0.3, 0.4) is 0 Å². The molecule has 0 amide bonds. The van der Waals surface area contributed by atoms with Gasteiger partial charge in [-0.15, -0.1) is 10.2 Å². The Morgan fingerprint density at radius 2 is 2.03 bits per heavy atom. The van der Waals surface area contributed by atoms with E-state index in [-0.39, 0.29) is 11.6 Å². The van der Waals surface area contributed by atoms with Gasteiger partial charge in [0, 0.05) is 36.5 Å². The van der Waals surface area contributed by atoms with Gasteiger partial charge in [-0.25, -0.2) is 9.97 Å². The molecule has 4 heterocycles. The Morgan fingerprint density at radius 1 is 1.14 bits per heavy atom. The number of nitrogens with zero attached hydrogens (tertiary/aromatic N) is 7. The number of benzene rings is 1. The summed E-state index contributed by atoms with van der Waals surface area (Å²) in [7, 11) is 1.66. The van der Waals surface area contributed by atoms with Crippen molar-refractivity contribution in [1.29, 1.82) is 0 Å². The van der Waals surface area contributed by atoms with Gasteiger partial charge in [0.25, 0.3) is 5.56 Å². The van der Waals surface area contributed by atoms with Gasteiger partial charge in [0.05, 0.1) is 24.7 Å². The quantitative estimate of drug-likeness (QED) is 0.360. The van der Waals surface area contributed by atoms with Crippen molar-refractivity contribution in [3.05, 3.63) is 83.6 Å². The molecule has 4 aromatic heterocycles. The Hall–Kier alpha value is -4.11. The zero-order chi connectivity index (χ0) is 23.9. The van der Waals surface area contributed by atoms with Crippen LogP contribution >= 0.6 is 0 Å². The molecule has 1 aromatic carbocycles. The summed E-state index contributed by atoms with van der Waals surface area (Å²) in [5.41, 5.74) is 2.53. The number of methoxy groups -OCH3 is 1. The highest BCUT2D eigenvalue weighted by Gasteiger charge is 2.25. The molecule has 35 heavy (non-hydrogen) atoms. The minimum atomic E-state index is -0.134. The standard InChI is InChI=1S/C26H25N7O2/c1-17(14-35-2)33-16-28-30-25(33)22-4-3-5-24(29-22)32-11-10-18-8-9-20(12-21(18)26(32)34)31-13-23(27-15-31)19-6-7-19/h3-5,8-13,15-17,19H,6-7,14H2,1-2H3/t17-/m1/s1. The molecule has 0 aliphatic heterocycles. The molecule has 1 fully saturated rings. The second-order valence-electron chi connectivity index (χ2n) is 8.99. The van der Waals surface area contributed by atoms with Crippen LogP contribution in [0.1, 0.15) is 37.4 Å². The van der Waals surface area contributed by atoms with Gasteiger partial charge in [-0.3, -0.25) is 9.36 Å². The lowest BCUT2D eigenvalue weighted by Crippen LogP contribution is -2.19. The fraction of sp³-hybridized carbons (Fsp3) is 0.269. The van der Waals surface area contributed by atoms with Crippen LogP contribution < -0.4 is 5.56 Å². The summed E-state index contributed by atoms with van der Waals surface area (Å²) in [6.45, 7) is 2.55.